The van der Waals surface area contributed by atoms with E-state index < -0.39 is 36.2 Å². The maximum Gasteiger partial charge on any atom is 0.498 e. The Morgan fingerprint density at radius 3 is 2.31 bits per heavy atom. The Bertz CT molecular complexity index is 1130. The second kappa shape index (κ2) is 9.66. The van der Waals surface area contributed by atoms with Gasteiger partial charge >= 0.3 is 13.1 Å². The lowest BCUT2D eigenvalue weighted by atomic mass is 9.75. The molecular formula is C25H28BCl2NO6. The molecule has 1 fully saturated rings. The monoisotopic (exact) mass is 519 g/mol. The minimum atomic E-state index is -1.19. The average Bonchev–Trinajstić information content (AvgIpc) is 2.99. The van der Waals surface area contributed by atoms with Crippen molar-refractivity contribution < 1.29 is 28.7 Å². The standard InChI is InChI=1S/C25H28BCl2NO6/c1-24(2)25(3,4)35-26(34-24)16-11-10-14(15-7-6-12-33-21(15)16)13-19(23(31)32)29-22(30)20-17(27)8-5-9-18(20)28/h5,8-11,19H,6-7,12-13H2,1-4H3,(H,29,30)(H,31,32). The lowest BCUT2D eigenvalue weighted by Crippen LogP contribution is -2.43. The predicted octanol–water partition coefficient (Wildman–Crippen LogP) is 4.04. The predicted molar refractivity (Wildman–Crippen MR) is 135 cm³/mol. The van der Waals surface area contributed by atoms with Crippen molar-refractivity contribution in [3.8, 4) is 5.75 Å². The highest BCUT2D eigenvalue weighted by molar-refractivity contribution is 6.63. The van der Waals surface area contributed by atoms with Crippen LogP contribution in [0.1, 0.15) is 55.6 Å². The van der Waals surface area contributed by atoms with Crippen molar-refractivity contribution in [3.63, 3.8) is 0 Å². The molecule has 0 aliphatic carbocycles. The first-order chi connectivity index (χ1) is 16.4. The van der Waals surface area contributed by atoms with Gasteiger partial charge in [0.2, 0.25) is 0 Å². The molecule has 2 heterocycles. The summed E-state index contributed by atoms with van der Waals surface area (Å²) in [7, 11) is -0.599. The van der Waals surface area contributed by atoms with Crippen molar-refractivity contribution in [2.24, 2.45) is 0 Å². The fraction of sp³-hybridized carbons (Fsp3) is 0.440. The molecule has 186 valence electrons. The number of carboxylic acids is 1. The van der Waals surface area contributed by atoms with Crippen LogP contribution in [0.4, 0.5) is 0 Å². The molecule has 4 rings (SSSR count). The third-order valence-electron chi connectivity index (χ3n) is 6.93. The molecule has 10 heteroatoms. The summed E-state index contributed by atoms with van der Waals surface area (Å²) in [5, 5.41) is 12.7. The van der Waals surface area contributed by atoms with Crippen LogP contribution in [-0.4, -0.2) is 48.0 Å². The number of rotatable bonds is 6. The zero-order valence-electron chi connectivity index (χ0n) is 20.1. The van der Waals surface area contributed by atoms with E-state index in [0.717, 1.165) is 23.0 Å². The summed E-state index contributed by atoms with van der Waals surface area (Å²) in [5.41, 5.74) is 1.50. The van der Waals surface area contributed by atoms with Crippen LogP contribution in [-0.2, 0) is 26.9 Å². The molecule has 0 saturated carbocycles. The van der Waals surface area contributed by atoms with E-state index in [4.69, 9.17) is 37.2 Å². The number of carbonyl (C=O) groups excluding carboxylic acids is 1. The van der Waals surface area contributed by atoms with Crippen LogP contribution in [0.5, 0.6) is 5.75 Å². The highest BCUT2D eigenvalue weighted by atomic mass is 35.5. The van der Waals surface area contributed by atoms with E-state index in [2.05, 4.69) is 5.32 Å². The molecule has 7 nitrogen and oxygen atoms in total. The van der Waals surface area contributed by atoms with Crippen molar-refractivity contribution in [1.29, 1.82) is 0 Å². The second-order valence-corrected chi connectivity index (χ2v) is 10.6. The smallest absolute Gasteiger partial charge is 0.494 e. The van der Waals surface area contributed by atoms with Gasteiger partial charge in [0.05, 0.1) is 33.4 Å². The molecule has 1 amide bonds. The van der Waals surface area contributed by atoms with E-state index in [1.54, 1.807) is 6.07 Å². The first-order valence-electron chi connectivity index (χ1n) is 11.5. The third-order valence-corrected chi connectivity index (χ3v) is 7.56. The number of benzene rings is 2. The van der Waals surface area contributed by atoms with Crippen molar-refractivity contribution in [2.45, 2.75) is 64.2 Å². The third kappa shape index (κ3) is 5.03. The van der Waals surface area contributed by atoms with Crippen LogP contribution in [0, 0.1) is 0 Å². The molecular weight excluding hydrogens is 492 g/mol. The summed E-state index contributed by atoms with van der Waals surface area (Å²) in [6, 6.07) is 7.19. The summed E-state index contributed by atoms with van der Waals surface area (Å²) in [4.78, 5) is 24.9. The molecule has 2 aromatic rings. The van der Waals surface area contributed by atoms with Gasteiger partial charge in [-0.15, -0.1) is 0 Å². The van der Waals surface area contributed by atoms with Gasteiger partial charge in [-0.05, 0) is 63.8 Å². The first-order valence-corrected chi connectivity index (χ1v) is 12.3. The van der Waals surface area contributed by atoms with Crippen LogP contribution in [0.25, 0.3) is 0 Å². The summed E-state index contributed by atoms with van der Waals surface area (Å²) in [5.74, 6) is -1.15. The molecule has 35 heavy (non-hydrogen) atoms. The Hall–Kier alpha value is -2.26. The second-order valence-electron chi connectivity index (χ2n) is 9.83. The summed E-state index contributed by atoms with van der Waals surface area (Å²) in [6.45, 7) is 8.49. The summed E-state index contributed by atoms with van der Waals surface area (Å²) < 4.78 is 18.5. The van der Waals surface area contributed by atoms with Crippen molar-refractivity contribution in [1.82, 2.24) is 5.32 Å². The number of halogens is 2. The number of aliphatic carboxylic acids is 1. The Morgan fingerprint density at radius 2 is 1.71 bits per heavy atom. The number of carbonyl (C=O) groups is 2. The van der Waals surface area contributed by atoms with Gasteiger partial charge in [-0.3, -0.25) is 4.79 Å². The van der Waals surface area contributed by atoms with Gasteiger partial charge in [0.25, 0.3) is 5.91 Å². The molecule has 2 aliphatic rings. The number of amides is 1. The number of ether oxygens (including phenoxy) is 1. The average molecular weight is 520 g/mol. The highest BCUT2D eigenvalue weighted by Crippen LogP contribution is 2.38. The van der Waals surface area contributed by atoms with E-state index >= 15 is 0 Å². The topological polar surface area (TPSA) is 94.1 Å². The maximum atomic E-state index is 12.8. The SMILES string of the molecule is CC1(C)OB(c2ccc(CC(NC(=O)c3c(Cl)cccc3Cl)C(=O)O)c3c2OCCC3)OC1(C)C. The Kier molecular flexibility index (Phi) is 7.13. The van der Waals surface area contributed by atoms with E-state index in [1.807, 2.05) is 39.8 Å². The molecule has 0 bridgehead atoms. The first kappa shape index (κ1) is 25.8. The van der Waals surface area contributed by atoms with Crippen molar-refractivity contribution in [3.05, 3.63) is 57.1 Å². The van der Waals surface area contributed by atoms with Crippen LogP contribution in [0.3, 0.4) is 0 Å². The van der Waals surface area contributed by atoms with Crippen LogP contribution < -0.4 is 15.5 Å². The molecule has 2 N–H and O–H groups in total. The number of nitrogens with one attached hydrogen (secondary N) is 1. The van der Waals surface area contributed by atoms with E-state index in [9.17, 15) is 14.7 Å². The quantitative estimate of drug-likeness (QED) is 0.559. The van der Waals surface area contributed by atoms with Crippen LogP contribution >= 0.6 is 23.2 Å². The van der Waals surface area contributed by atoms with Gasteiger partial charge in [-0.25, -0.2) is 4.79 Å². The number of fused-ring (bicyclic) bond motifs is 1. The highest BCUT2D eigenvalue weighted by Gasteiger charge is 2.52. The van der Waals surface area contributed by atoms with E-state index in [0.29, 0.717) is 18.8 Å². The van der Waals surface area contributed by atoms with Gasteiger partial charge in [0, 0.05) is 11.9 Å². The molecule has 2 aliphatic heterocycles. The van der Waals surface area contributed by atoms with Gasteiger partial charge in [0.1, 0.15) is 11.8 Å². The van der Waals surface area contributed by atoms with E-state index in [-0.39, 0.29) is 22.0 Å². The van der Waals surface area contributed by atoms with Crippen LogP contribution in [0.2, 0.25) is 10.0 Å². The lowest BCUT2D eigenvalue weighted by molar-refractivity contribution is -0.139. The number of hydrogen-bond donors (Lipinski definition) is 2. The molecule has 0 spiro atoms. The minimum Gasteiger partial charge on any atom is -0.494 e. The maximum absolute atomic E-state index is 12.8. The molecule has 0 aromatic heterocycles. The van der Waals surface area contributed by atoms with Crippen molar-refractivity contribution in [2.75, 3.05) is 6.61 Å². The lowest BCUT2D eigenvalue weighted by Gasteiger charge is -2.32. The Labute approximate surface area is 215 Å². The Morgan fingerprint density at radius 1 is 1.09 bits per heavy atom. The molecule has 2 aromatic carbocycles. The zero-order chi connectivity index (χ0) is 25.5. The van der Waals surface area contributed by atoms with Gasteiger partial charge in [-0.1, -0.05) is 41.4 Å². The van der Waals surface area contributed by atoms with Gasteiger partial charge in [-0.2, -0.15) is 0 Å². The number of carboxylic acid groups (broad SMARTS) is 1. The molecule has 0 radical (unpaired) electrons. The largest absolute Gasteiger partial charge is 0.498 e. The summed E-state index contributed by atoms with van der Waals surface area (Å²) in [6.07, 6.45) is 1.58. The van der Waals surface area contributed by atoms with Gasteiger partial charge < -0.3 is 24.5 Å². The normalized spacial score (nSPS) is 19.0. The molecule has 1 saturated heterocycles. The van der Waals surface area contributed by atoms with Crippen LogP contribution in [0.15, 0.2) is 30.3 Å². The van der Waals surface area contributed by atoms with E-state index in [1.165, 1.54) is 12.1 Å². The van der Waals surface area contributed by atoms with Crippen molar-refractivity contribution >= 4 is 47.7 Å². The molecule has 1 atom stereocenters. The van der Waals surface area contributed by atoms with Gasteiger partial charge in [0.15, 0.2) is 0 Å². The Balaban J connectivity index is 1.62. The zero-order valence-corrected chi connectivity index (χ0v) is 21.6. The molecule has 1 unspecified atom stereocenters. The number of hydrogen-bond acceptors (Lipinski definition) is 5. The fourth-order valence-electron chi connectivity index (χ4n) is 4.27. The minimum absolute atomic E-state index is 0.0450. The fourth-order valence-corrected chi connectivity index (χ4v) is 4.84. The summed E-state index contributed by atoms with van der Waals surface area (Å²) >= 11 is 12.3.